The van der Waals surface area contributed by atoms with Crippen molar-refractivity contribution in [1.29, 1.82) is 0 Å². The zero-order valence-electron chi connectivity index (χ0n) is 14.8. The van der Waals surface area contributed by atoms with Gasteiger partial charge in [0.2, 0.25) is 5.91 Å². The third kappa shape index (κ3) is 3.41. The number of anilines is 1. The quantitative estimate of drug-likeness (QED) is 0.850. The fourth-order valence-electron chi connectivity index (χ4n) is 4.29. The highest BCUT2D eigenvalue weighted by molar-refractivity contribution is 5.77. The lowest BCUT2D eigenvalue weighted by molar-refractivity contribution is -0.138. The van der Waals surface area contributed by atoms with Crippen LogP contribution in [0.3, 0.4) is 0 Å². The minimum Gasteiger partial charge on any atom is -0.354 e. The number of carbonyl (C=O) groups excluding carboxylic acids is 1. The molecule has 0 N–H and O–H groups in total. The Labute approximate surface area is 152 Å². The number of aromatic nitrogens is 2. The number of likely N-dealkylation sites (tertiary alicyclic amines) is 1. The molecule has 2 aliphatic rings. The van der Waals surface area contributed by atoms with E-state index in [1.807, 2.05) is 17.0 Å². The van der Waals surface area contributed by atoms with Crippen molar-refractivity contribution in [3.05, 3.63) is 54.2 Å². The van der Waals surface area contributed by atoms with E-state index in [4.69, 9.17) is 0 Å². The molecule has 5 nitrogen and oxygen atoms in total. The lowest BCUT2D eigenvalue weighted by Crippen LogP contribution is -2.54. The van der Waals surface area contributed by atoms with Crippen LogP contribution < -0.4 is 4.90 Å². The van der Waals surface area contributed by atoms with Crippen LogP contribution in [0.25, 0.3) is 0 Å². The molecular formula is C20H23FN4O. The molecule has 136 valence electrons. The molecule has 4 heterocycles. The molecule has 2 saturated heterocycles. The number of nitrogens with zero attached hydrogens (tertiary/aromatic N) is 4. The van der Waals surface area contributed by atoms with Gasteiger partial charge < -0.3 is 9.80 Å². The summed E-state index contributed by atoms with van der Waals surface area (Å²) in [5.74, 6) is 0.364. The average Bonchev–Trinajstić information content (AvgIpc) is 2.66. The van der Waals surface area contributed by atoms with Gasteiger partial charge in [-0.3, -0.25) is 9.78 Å². The summed E-state index contributed by atoms with van der Waals surface area (Å²) in [6, 6.07) is 6.98. The number of halogens is 1. The lowest BCUT2D eigenvalue weighted by atomic mass is 9.73. The van der Waals surface area contributed by atoms with E-state index in [-0.39, 0.29) is 17.1 Å². The van der Waals surface area contributed by atoms with E-state index in [0.29, 0.717) is 18.8 Å². The number of hydrogen-bond acceptors (Lipinski definition) is 4. The van der Waals surface area contributed by atoms with Crippen molar-refractivity contribution >= 4 is 11.7 Å². The summed E-state index contributed by atoms with van der Waals surface area (Å²) >= 11 is 0. The Balaban J connectivity index is 1.52. The van der Waals surface area contributed by atoms with Gasteiger partial charge in [0, 0.05) is 56.6 Å². The van der Waals surface area contributed by atoms with Gasteiger partial charge in [-0.15, -0.1) is 0 Å². The Morgan fingerprint density at radius 3 is 2.77 bits per heavy atom. The van der Waals surface area contributed by atoms with Gasteiger partial charge in [-0.25, -0.2) is 9.37 Å². The third-order valence-electron chi connectivity index (χ3n) is 5.57. The fraction of sp³-hybridized carbons (Fsp3) is 0.450. The Hall–Kier alpha value is -2.50. The molecule has 0 radical (unpaired) electrons. The molecule has 0 bridgehead atoms. The van der Waals surface area contributed by atoms with Gasteiger partial charge in [-0.1, -0.05) is 0 Å². The van der Waals surface area contributed by atoms with E-state index < -0.39 is 0 Å². The normalized spacial score (nSPS) is 23.5. The summed E-state index contributed by atoms with van der Waals surface area (Å²) in [6.07, 6.45) is 8.63. The van der Waals surface area contributed by atoms with Crippen molar-refractivity contribution in [3.63, 3.8) is 0 Å². The van der Waals surface area contributed by atoms with Crippen molar-refractivity contribution in [2.24, 2.45) is 5.41 Å². The molecule has 1 atom stereocenters. The van der Waals surface area contributed by atoms with Gasteiger partial charge in [-0.05, 0) is 49.1 Å². The summed E-state index contributed by atoms with van der Waals surface area (Å²) in [5.41, 5.74) is 1.11. The molecule has 1 amide bonds. The standard InChI is InChI=1S/C20H23FN4O/c21-17-3-1-9-23-19(17)24-12-2-7-20(14-24)8-4-18(26)25(15-20)13-16-5-10-22-11-6-16/h1,3,5-6,9-11H,2,4,7-8,12-15H2/t20-/m0/s1. The van der Waals surface area contributed by atoms with Crippen LogP contribution in [0.5, 0.6) is 0 Å². The fourth-order valence-corrected chi connectivity index (χ4v) is 4.29. The van der Waals surface area contributed by atoms with Crippen LogP contribution in [0.4, 0.5) is 10.2 Å². The Morgan fingerprint density at radius 1 is 1.12 bits per heavy atom. The average molecular weight is 354 g/mol. The third-order valence-corrected chi connectivity index (χ3v) is 5.57. The van der Waals surface area contributed by atoms with E-state index in [0.717, 1.165) is 44.5 Å². The predicted molar refractivity (Wildman–Crippen MR) is 97.0 cm³/mol. The maximum Gasteiger partial charge on any atom is 0.222 e. The van der Waals surface area contributed by atoms with Gasteiger partial charge in [0.15, 0.2) is 11.6 Å². The van der Waals surface area contributed by atoms with Crippen molar-refractivity contribution < 1.29 is 9.18 Å². The van der Waals surface area contributed by atoms with Gasteiger partial charge in [0.1, 0.15) is 0 Å². The second-order valence-electron chi connectivity index (χ2n) is 7.44. The van der Waals surface area contributed by atoms with E-state index in [1.165, 1.54) is 6.07 Å². The summed E-state index contributed by atoms with van der Waals surface area (Å²) < 4.78 is 14.2. The van der Waals surface area contributed by atoms with Gasteiger partial charge in [-0.2, -0.15) is 0 Å². The number of pyridine rings is 2. The molecule has 6 heteroatoms. The van der Waals surface area contributed by atoms with Crippen molar-refractivity contribution in [1.82, 2.24) is 14.9 Å². The zero-order valence-corrected chi connectivity index (χ0v) is 14.8. The first kappa shape index (κ1) is 16.9. The minimum atomic E-state index is -0.273. The van der Waals surface area contributed by atoms with Gasteiger partial charge in [0.05, 0.1) is 0 Å². The Morgan fingerprint density at radius 2 is 1.96 bits per heavy atom. The molecule has 4 rings (SSSR count). The maximum absolute atomic E-state index is 14.2. The topological polar surface area (TPSA) is 49.3 Å². The highest BCUT2D eigenvalue weighted by atomic mass is 19.1. The van der Waals surface area contributed by atoms with E-state index in [9.17, 15) is 9.18 Å². The van der Waals surface area contributed by atoms with Crippen LogP contribution >= 0.6 is 0 Å². The van der Waals surface area contributed by atoms with Crippen molar-refractivity contribution in [2.75, 3.05) is 24.5 Å². The van der Waals surface area contributed by atoms with Crippen molar-refractivity contribution in [3.8, 4) is 0 Å². The number of piperidine rings is 2. The lowest BCUT2D eigenvalue weighted by Gasteiger charge is -2.48. The molecule has 2 aromatic heterocycles. The Bertz CT molecular complexity index is 784. The van der Waals surface area contributed by atoms with Crippen LogP contribution in [0.15, 0.2) is 42.9 Å². The van der Waals surface area contributed by atoms with Crippen LogP contribution in [0.1, 0.15) is 31.2 Å². The number of hydrogen-bond donors (Lipinski definition) is 0. The largest absolute Gasteiger partial charge is 0.354 e. The van der Waals surface area contributed by atoms with Gasteiger partial charge >= 0.3 is 0 Å². The number of rotatable bonds is 3. The molecule has 2 aromatic rings. The van der Waals surface area contributed by atoms with Crippen LogP contribution in [-0.4, -0.2) is 40.4 Å². The van der Waals surface area contributed by atoms with Crippen molar-refractivity contribution in [2.45, 2.75) is 32.2 Å². The minimum absolute atomic E-state index is 0.0170. The van der Waals surface area contributed by atoms with Crippen LogP contribution in [0.2, 0.25) is 0 Å². The molecule has 0 aliphatic carbocycles. The molecular weight excluding hydrogens is 331 g/mol. The maximum atomic E-state index is 14.2. The SMILES string of the molecule is O=C1CC[C@]2(CCCN(c3ncccc3F)C2)CN1Cc1ccncc1. The second kappa shape index (κ2) is 7.02. The molecule has 0 saturated carbocycles. The first-order valence-corrected chi connectivity index (χ1v) is 9.17. The summed E-state index contributed by atoms with van der Waals surface area (Å²) in [7, 11) is 0. The molecule has 0 unspecified atom stereocenters. The monoisotopic (exact) mass is 354 g/mol. The number of amides is 1. The smallest absolute Gasteiger partial charge is 0.222 e. The summed E-state index contributed by atoms with van der Waals surface area (Å²) in [5, 5.41) is 0. The molecule has 0 aromatic carbocycles. The molecule has 26 heavy (non-hydrogen) atoms. The van der Waals surface area contributed by atoms with Crippen LogP contribution in [-0.2, 0) is 11.3 Å². The van der Waals surface area contributed by atoms with Crippen LogP contribution in [0, 0.1) is 11.2 Å². The first-order valence-electron chi connectivity index (χ1n) is 9.17. The summed E-state index contributed by atoms with van der Waals surface area (Å²) in [6.45, 7) is 2.90. The predicted octanol–water partition coefficient (Wildman–Crippen LogP) is 3.02. The Kier molecular flexibility index (Phi) is 4.57. The summed E-state index contributed by atoms with van der Waals surface area (Å²) in [4.78, 5) is 24.8. The second-order valence-corrected chi connectivity index (χ2v) is 7.44. The van der Waals surface area contributed by atoms with E-state index in [1.54, 1.807) is 24.7 Å². The first-order chi connectivity index (χ1) is 12.7. The molecule has 2 aliphatic heterocycles. The highest BCUT2D eigenvalue weighted by Gasteiger charge is 2.42. The highest BCUT2D eigenvalue weighted by Crippen LogP contribution is 2.40. The van der Waals surface area contributed by atoms with E-state index in [2.05, 4.69) is 14.9 Å². The molecule has 2 fully saturated rings. The zero-order chi connectivity index (χ0) is 18.0. The van der Waals surface area contributed by atoms with Gasteiger partial charge in [0.25, 0.3) is 0 Å². The van der Waals surface area contributed by atoms with E-state index >= 15 is 0 Å². The number of carbonyl (C=O) groups is 1. The molecule has 1 spiro atoms.